The summed E-state index contributed by atoms with van der Waals surface area (Å²) in [5.41, 5.74) is 3.60. The first-order valence-electron chi connectivity index (χ1n) is 10.9. The van der Waals surface area contributed by atoms with Gasteiger partial charge in [-0.25, -0.2) is 9.97 Å². The number of piperidine rings is 1. The first-order valence-corrected chi connectivity index (χ1v) is 10.9. The third-order valence-electron chi connectivity index (χ3n) is 6.27. The van der Waals surface area contributed by atoms with Crippen LogP contribution in [-0.4, -0.2) is 56.9 Å². The van der Waals surface area contributed by atoms with Gasteiger partial charge in [0.1, 0.15) is 11.6 Å². The summed E-state index contributed by atoms with van der Waals surface area (Å²) in [4.78, 5) is 14.5. The number of anilines is 1. The van der Waals surface area contributed by atoms with Crippen molar-refractivity contribution in [2.24, 2.45) is 0 Å². The van der Waals surface area contributed by atoms with Gasteiger partial charge in [0.25, 0.3) is 0 Å². The second-order valence-electron chi connectivity index (χ2n) is 8.54. The fraction of sp³-hybridized carbons (Fsp3) is 0.682. The predicted molar refractivity (Wildman–Crippen MR) is 113 cm³/mol. The Kier molecular flexibility index (Phi) is 5.67. The highest BCUT2D eigenvalue weighted by molar-refractivity contribution is 5.40. The Balaban J connectivity index is 1.35. The van der Waals surface area contributed by atoms with Crippen LogP contribution in [0.25, 0.3) is 0 Å². The van der Waals surface area contributed by atoms with E-state index in [0.29, 0.717) is 12.1 Å². The molecule has 0 aromatic carbocycles. The summed E-state index contributed by atoms with van der Waals surface area (Å²) in [6.07, 6.45) is 5.82. The molecule has 6 heteroatoms. The highest BCUT2D eigenvalue weighted by Crippen LogP contribution is 2.29. The van der Waals surface area contributed by atoms with Crippen molar-refractivity contribution in [2.75, 3.05) is 31.1 Å². The minimum atomic E-state index is 0.535. The molecule has 2 saturated heterocycles. The van der Waals surface area contributed by atoms with Crippen LogP contribution in [0.1, 0.15) is 61.6 Å². The van der Waals surface area contributed by atoms with Crippen molar-refractivity contribution in [3.8, 4) is 0 Å². The second-order valence-corrected chi connectivity index (χ2v) is 8.54. The van der Waals surface area contributed by atoms with E-state index in [2.05, 4.69) is 52.4 Å². The van der Waals surface area contributed by atoms with Crippen LogP contribution in [0.3, 0.4) is 0 Å². The van der Waals surface area contributed by atoms with Crippen molar-refractivity contribution in [3.05, 3.63) is 35.0 Å². The Morgan fingerprint density at radius 1 is 0.964 bits per heavy atom. The van der Waals surface area contributed by atoms with E-state index in [0.717, 1.165) is 49.8 Å². The topological polar surface area (TPSA) is 50.1 Å². The zero-order valence-electron chi connectivity index (χ0n) is 17.9. The number of likely N-dealkylation sites (tertiary alicyclic amines) is 1. The number of aromatic nitrogens is 4. The number of hydrogen-bond acceptors (Lipinski definition) is 5. The van der Waals surface area contributed by atoms with E-state index < -0.39 is 0 Å². The zero-order chi connectivity index (χ0) is 19.7. The molecule has 1 atom stereocenters. The molecule has 0 spiro atoms. The molecule has 0 radical (unpaired) electrons. The minimum absolute atomic E-state index is 0.535. The van der Waals surface area contributed by atoms with E-state index in [1.54, 1.807) is 0 Å². The maximum absolute atomic E-state index is 4.72. The highest BCUT2D eigenvalue weighted by atomic mass is 15.3. The van der Waals surface area contributed by atoms with Gasteiger partial charge in [-0.1, -0.05) is 13.3 Å². The van der Waals surface area contributed by atoms with Crippen molar-refractivity contribution < 1.29 is 0 Å². The van der Waals surface area contributed by atoms with Crippen LogP contribution in [0.15, 0.2) is 12.1 Å². The molecule has 2 aromatic heterocycles. The monoisotopic (exact) mass is 382 g/mol. The molecule has 0 bridgehead atoms. The Bertz CT molecular complexity index is 805. The van der Waals surface area contributed by atoms with Crippen molar-refractivity contribution in [3.63, 3.8) is 0 Å². The zero-order valence-corrected chi connectivity index (χ0v) is 17.9. The molecule has 0 N–H and O–H groups in total. The van der Waals surface area contributed by atoms with Gasteiger partial charge in [0.05, 0.1) is 11.7 Å². The second kappa shape index (κ2) is 8.19. The maximum atomic E-state index is 4.72. The summed E-state index contributed by atoms with van der Waals surface area (Å²) in [7, 11) is 0. The molecule has 0 aliphatic carbocycles. The van der Waals surface area contributed by atoms with Crippen molar-refractivity contribution in [2.45, 2.75) is 71.9 Å². The molecular weight excluding hydrogens is 348 g/mol. The standard InChI is InChI=1S/C22H34N6/c1-5-6-19-14-22(24-18(4)23-19)26-10-7-20(8-11-26)27-12-9-21(15-27)28-17(3)13-16(2)25-28/h13-14,20-21H,5-12,15H2,1-4H3/t21-/m0/s1. The summed E-state index contributed by atoms with van der Waals surface area (Å²) in [6, 6.07) is 5.62. The summed E-state index contributed by atoms with van der Waals surface area (Å²) >= 11 is 0. The number of hydrogen-bond donors (Lipinski definition) is 0. The summed E-state index contributed by atoms with van der Waals surface area (Å²) in [6.45, 7) is 13.0. The SMILES string of the molecule is CCCc1cc(N2CCC(N3CC[C@H](n4nc(C)cc4C)C3)CC2)nc(C)n1. The Hall–Kier alpha value is -1.95. The third-order valence-corrected chi connectivity index (χ3v) is 6.27. The first kappa shape index (κ1) is 19.4. The van der Waals surface area contributed by atoms with Crippen LogP contribution < -0.4 is 4.90 Å². The Morgan fingerprint density at radius 2 is 1.71 bits per heavy atom. The molecule has 2 aliphatic rings. The van der Waals surface area contributed by atoms with E-state index >= 15 is 0 Å². The molecule has 2 aliphatic heterocycles. The van der Waals surface area contributed by atoms with E-state index in [-0.39, 0.29) is 0 Å². The van der Waals surface area contributed by atoms with E-state index in [1.807, 2.05) is 6.92 Å². The molecule has 0 unspecified atom stereocenters. The highest BCUT2D eigenvalue weighted by Gasteiger charge is 2.32. The third kappa shape index (κ3) is 4.07. The summed E-state index contributed by atoms with van der Waals surface area (Å²) < 4.78 is 2.25. The predicted octanol–water partition coefficient (Wildman–Crippen LogP) is 3.47. The normalized spacial score (nSPS) is 21.6. The van der Waals surface area contributed by atoms with Crippen molar-refractivity contribution in [1.82, 2.24) is 24.6 Å². The van der Waals surface area contributed by atoms with Gasteiger partial charge >= 0.3 is 0 Å². The van der Waals surface area contributed by atoms with Gasteiger partial charge in [-0.3, -0.25) is 9.58 Å². The average Bonchev–Trinajstić information content (AvgIpc) is 3.28. The molecule has 2 aromatic rings. The molecule has 28 heavy (non-hydrogen) atoms. The molecule has 4 heterocycles. The van der Waals surface area contributed by atoms with Crippen LogP contribution >= 0.6 is 0 Å². The van der Waals surface area contributed by atoms with Gasteiger partial charge in [0.2, 0.25) is 0 Å². The van der Waals surface area contributed by atoms with Gasteiger partial charge in [-0.2, -0.15) is 5.10 Å². The lowest BCUT2D eigenvalue weighted by Gasteiger charge is -2.37. The summed E-state index contributed by atoms with van der Waals surface area (Å²) in [5, 5.41) is 4.72. The Morgan fingerprint density at radius 3 is 2.39 bits per heavy atom. The van der Waals surface area contributed by atoms with Crippen LogP contribution in [0.4, 0.5) is 5.82 Å². The van der Waals surface area contributed by atoms with Crippen molar-refractivity contribution in [1.29, 1.82) is 0 Å². The number of nitrogens with zero attached hydrogens (tertiary/aromatic N) is 6. The lowest BCUT2D eigenvalue weighted by Crippen LogP contribution is -2.44. The first-order chi connectivity index (χ1) is 13.5. The molecular formula is C22H34N6. The summed E-state index contributed by atoms with van der Waals surface area (Å²) in [5.74, 6) is 2.02. The van der Waals surface area contributed by atoms with E-state index in [9.17, 15) is 0 Å². The van der Waals surface area contributed by atoms with Gasteiger partial charge in [0, 0.05) is 49.7 Å². The fourth-order valence-electron chi connectivity index (χ4n) is 4.93. The van der Waals surface area contributed by atoms with Crippen molar-refractivity contribution >= 4 is 5.82 Å². The smallest absolute Gasteiger partial charge is 0.132 e. The van der Waals surface area contributed by atoms with Gasteiger partial charge in [0.15, 0.2) is 0 Å². The van der Waals surface area contributed by atoms with Crippen LogP contribution in [-0.2, 0) is 6.42 Å². The molecule has 152 valence electrons. The van der Waals surface area contributed by atoms with Gasteiger partial charge in [-0.05, 0) is 52.5 Å². The van der Waals surface area contributed by atoms with E-state index in [4.69, 9.17) is 10.1 Å². The van der Waals surface area contributed by atoms with Crippen LogP contribution in [0.5, 0.6) is 0 Å². The van der Waals surface area contributed by atoms with Crippen LogP contribution in [0, 0.1) is 20.8 Å². The quantitative estimate of drug-likeness (QED) is 0.792. The largest absolute Gasteiger partial charge is 0.356 e. The lowest BCUT2D eigenvalue weighted by molar-refractivity contribution is 0.199. The molecule has 0 amide bonds. The fourth-order valence-corrected chi connectivity index (χ4v) is 4.93. The van der Waals surface area contributed by atoms with Gasteiger partial charge in [-0.15, -0.1) is 0 Å². The van der Waals surface area contributed by atoms with Gasteiger partial charge < -0.3 is 4.90 Å². The molecule has 4 rings (SSSR count). The number of aryl methyl sites for hydroxylation is 4. The maximum Gasteiger partial charge on any atom is 0.132 e. The Labute approximate surface area is 169 Å². The van der Waals surface area contributed by atoms with E-state index in [1.165, 1.54) is 37.2 Å². The van der Waals surface area contributed by atoms with Crippen LogP contribution in [0.2, 0.25) is 0 Å². The minimum Gasteiger partial charge on any atom is -0.356 e. The molecule has 0 saturated carbocycles. The average molecular weight is 383 g/mol. The lowest BCUT2D eigenvalue weighted by atomic mass is 10.0. The number of rotatable bonds is 5. The molecule has 2 fully saturated rings. The molecule has 6 nitrogen and oxygen atoms in total.